The maximum absolute atomic E-state index is 12.7. The number of sulfonamides is 1. The Morgan fingerprint density at radius 2 is 1.44 bits per heavy atom. The Hall–Kier alpha value is -2.14. The van der Waals surface area contributed by atoms with E-state index in [1.54, 1.807) is 0 Å². The van der Waals surface area contributed by atoms with Crippen molar-refractivity contribution in [2.45, 2.75) is 55.6 Å². The Kier molecular flexibility index (Phi) is 8.92. The van der Waals surface area contributed by atoms with Gasteiger partial charge >= 0.3 is 6.18 Å². The summed E-state index contributed by atoms with van der Waals surface area (Å²) in [5, 5.41) is 0. The highest BCUT2D eigenvalue weighted by molar-refractivity contribution is 7.89. The molecule has 0 spiro atoms. The first-order chi connectivity index (χ1) is 17.2. The van der Waals surface area contributed by atoms with E-state index in [-0.39, 0.29) is 10.6 Å². The summed E-state index contributed by atoms with van der Waals surface area (Å²) < 4.78 is 71.5. The molecule has 0 amide bonds. The maximum atomic E-state index is 12.7. The predicted molar refractivity (Wildman–Crippen MR) is 133 cm³/mol. The highest BCUT2D eigenvalue weighted by atomic mass is 32.2. The minimum absolute atomic E-state index is 0.115. The van der Waals surface area contributed by atoms with Gasteiger partial charge in [0.2, 0.25) is 10.0 Å². The molecule has 2 saturated heterocycles. The van der Waals surface area contributed by atoms with Crippen LogP contribution in [-0.4, -0.2) is 63.5 Å². The summed E-state index contributed by atoms with van der Waals surface area (Å²) in [5.74, 6) is 0.568. The average molecular weight is 526 g/mol. The molecule has 0 bridgehead atoms. The molecule has 2 aromatic carbocycles. The Bertz CT molecular complexity index is 1060. The van der Waals surface area contributed by atoms with Crippen molar-refractivity contribution >= 4 is 10.0 Å². The molecule has 0 saturated carbocycles. The highest BCUT2D eigenvalue weighted by Gasteiger charge is 2.30. The quantitative estimate of drug-likeness (QED) is 0.461. The SMILES string of the molecule is O=S(=O)(NCCCN1CCC(N2CCCCC2)CC1)c1ccc(Oc2ccc(C(F)(F)F)cc2)cc1. The first-order valence-corrected chi connectivity index (χ1v) is 14.1. The summed E-state index contributed by atoms with van der Waals surface area (Å²) in [6.07, 6.45) is 2.68. The Morgan fingerprint density at radius 1 is 0.861 bits per heavy atom. The number of halogens is 3. The van der Waals surface area contributed by atoms with Crippen molar-refractivity contribution in [3.05, 3.63) is 54.1 Å². The first kappa shape index (κ1) is 26.9. The third-order valence-electron chi connectivity index (χ3n) is 6.96. The number of hydrogen-bond donors (Lipinski definition) is 1. The lowest BCUT2D eigenvalue weighted by atomic mass is 10.00. The van der Waals surface area contributed by atoms with Crippen LogP contribution < -0.4 is 9.46 Å². The molecule has 2 heterocycles. The highest BCUT2D eigenvalue weighted by Crippen LogP contribution is 2.31. The number of likely N-dealkylation sites (tertiary alicyclic amines) is 2. The molecule has 0 atom stereocenters. The predicted octanol–water partition coefficient (Wildman–Crippen LogP) is 5.12. The van der Waals surface area contributed by atoms with Gasteiger partial charge in [0, 0.05) is 12.6 Å². The van der Waals surface area contributed by atoms with E-state index in [2.05, 4.69) is 14.5 Å². The van der Waals surface area contributed by atoms with Gasteiger partial charge in [0.1, 0.15) is 11.5 Å². The Balaban J connectivity index is 1.18. The van der Waals surface area contributed by atoms with E-state index in [9.17, 15) is 21.6 Å². The standard InChI is InChI=1S/C26H34F3N3O3S/c27-26(28,29)21-5-7-23(8-6-21)35-24-9-11-25(12-10-24)36(33,34)30-15-4-16-31-19-13-22(14-20-31)32-17-2-1-3-18-32/h5-12,22,30H,1-4,13-20H2. The van der Waals surface area contributed by atoms with Crippen molar-refractivity contribution < 1.29 is 26.3 Å². The van der Waals surface area contributed by atoms with E-state index in [1.807, 2.05) is 0 Å². The monoisotopic (exact) mass is 525 g/mol. The zero-order chi connectivity index (χ0) is 25.6. The largest absolute Gasteiger partial charge is 0.457 e. The number of alkyl halides is 3. The lowest BCUT2D eigenvalue weighted by Crippen LogP contribution is -2.47. The van der Waals surface area contributed by atoms with Crippen molar-refractivity contribution in [2.24, 2.45) is 0 Å². The summed E-state index contributed by atoms with van der Waals surface area (Å²) in [7, 11) is -3.65. The third-order valence-corrected chi connectivity index (χ3v) is 8.44. The third kappa shape index (κ3) is 7.44. The van der Waals surface area contributed by atoms with Crippen molar-refractivity contribution in [1.29, 1.82) is 0 Å². The molecule has 2 aliphatic heterocycles. The molecule has 2 aliphatic rings. The number of nitrogens with one attached hydrogen (secondary N) is 1. The van der Waals surface area contributed by atoms with E-state index < -0.39 is 21.8 Å². The topological polar surface area (TPSA) is 61.9 Å². The van der Waals surface area contributed by atoms with Crippen LogP contribution in [0.2, 0.25) is 0 Å². The zero-order valence-corrected chi connectivity index (χ0v) is 21.2. The molecule has 0 unspecified atom stereocenters. The fourth-order valence-electron chi connectivity index (χ4n) is 4.92. The van der Waals surface area contributed by atoms with Crippen molar-refractivity contribution in [2.75, 3.05) is 39.3 Å². The van der Waals surface area contributed by atoms with Crippen LogP contribution >= 0.6 is 0 Å². The minimum Gasteiger partial charge on any atom is -0.457 e. The summed E-state index contributed by atoms with van der Waals surface area (Å²) >= 11 is 0. The van der Waals surface area contributed by atoms with Gasteiger partial charge in [-0.05, 0) is 113 Å². The molecular weight excluding hydrogens is 491 g/mol. The van der Waals surface area contributed by atoms with E-state index in [1.165, 1.54) is 81.6 Å². The summed E-state index contributed by atoms with van der Waals surface area (Å²) in [6, 6.07) is 10.9. The molecule has 0 aliphatic carbocycles. The summed E-state index contributed by atoms with van der Waals surface area (Å²) in [4.78, 5) is 5.18. The van der Waals surface area contributed by atoms with Crippen LogP contribution in [0.3, 0.4) is 0 Å². The fourth-order valence-corrected chi connectivity index (χ4v) is 5.99. The molecule has 198 valence electrons. The smallest absolute Gasteiger partial charge is 0.416 e. The minimum atomic E-state index is -4.41. The normalized spacial score (nSPS) is 18.9. The van der Waals surface area contributed by atoms with Gasteiger partial charge in [0.25, 0.3) is 0 Å². The van der Waals surface area contributed by atoms with E-state index in [0.29, 0.717) is 18.3 Å². The van der Waals surface area contributed by atoms with Crippen molar-refractivity contribution in [3.8, 4) is 11.5 Å². The summed E-state index contributed by atoms with van der Waals surface area (Å²) in [5.41, 5.74) is -0.760. The molecule has 0 radical (unpaired) electrons. The van der Waals surface area contributed by atoms with Gasteiger partial charge < -0.3 is 14.5 Å². The molecule has 6 nitrogen and oxygen atoms in total. The molecule has 1 N–H and O–H groups in total. The molecular formula is C26H34F3N3O3S. The van der Waals surface area contributed by atoms with Crippen LogP contribution in [-0.2, 0) is 16.2 Å². The van der Waals surface area contributed by atoms with Crippen LogP contribution in [0.15, 0.2) is 53.4 Å². The second-order valence-electron chi connectivity index (χ2n) is 9.52. The van der Waals surface area contributed by atoms with Crippen LogP contribution in [0, 0.1) is 0 Å². The van der Waals surface area contributed by atoms with Gasteiger partial charge in [0.15, 0.2) is 0 Å². The maximum Gasteiger partial charge on any atom is 0.416 e. The molecule has 36 heavy (non-hydrogen) atoms. The lowest BCUT2D eigenvalue weighted by Gasteiger charge is -2.40. The van der Waals surface area contributed by atoms with Gasteiger partial charge in [0.05, 0.1) is 10.5 Å². The van der Waals surface area contributed by atoms with Crippen LogP contribution in [0.1, 0.15) is 44.1 Å². The molecule has 2 aromatic rings. The lowest BCUT2D eigenvalue weighted by molar-refractivity contribution is -0.137. The second kappa shape index (κ2) is 11.9. The number of benzene rings is 2. The van der Waals surface area contributed by atoms with E-state index >= 15 is 0 Å². The number of hydrogen-bond acceptors (Lipinski definition) is 5. The van der Waals surface area contributed by atoms with Crippen molar-refractivity contribution in [3.63, 3.8) is 0 Å². The van der Waals surface area contributed by atoms with Gasteiger partial charge in [-0.15, -0.1) is 0 Å². The van der Waals surface area contributed by atoms with Gasteiger partial charge in [-0.1, -0.05) is 6.42 Å². The number of piperidine rings is 2. The molecule has 10 heteroatoms. The van der Waals surface area contributed by atoms with Gasteiger partial charge in [-0.2, -0.15) is 13.2 Å². The second-order valence-corrected chi connectivity index (χ2v) is 11.3. The summed E-state index contributed by atoms with van der Waals surface area (Å²) in [6.45, 7) is 5.82. The van der Waals surface area contributed by atoms with Crippen LogP contribution in [0.4, 0.5) is 13.2 Å². The first-order valence-electron chi connectivity index (χ1n) is 12.6. The Morgan fingerprint density at radius 3 is 2.03 bits per heavy atom. The van der Waals surface area contributed by atoms with Crippen molar-refractivity contribution in [1.82, 2.24) is 14.5 Å². The Labute approximate surface area is 211 Å². The van der Waals surface area contributed by atoms with Gasteiger partial charge in [-0.3, -0.25) is 0 Å². The number of ether oxygens (including phenoxy) is 1. The zero-order valence-electron chi connectivity index (χ0n) is 20.3. The van der Waals surface area contributed by atoms with Crippen LogP contribution in [0.25, 0.3) is 0 Å². The molecule has 2 fully saturated rings. The molecule has 0 aromatic heterocycles. The van der Waals surface area contributed by atoms with Crippen LogP contribution in [0.5, 0.6) is 11.5 Å². The fraction of sp³-hybridized carbons (Fsp3) is 0.538. The van der Waals surface area contributed by atoms with E-state index in [0.717, 1.165) is 38.2 Å². The number of rotatable bonds is 9. The number of nitrogens with zero attached hydrogens (tertiary/aromatic N) is 2. The average Bonchev–Trinajstić information content (AvgIpc) is 2.88. The van der Waals surface area contributed by atoms with E-state index in [4.69, 9.17) is 4.74 Å². The van der Waals surface area contributed by atoms with Gasteiger partial charge in [-0.25, -0.2) is 13.1 Å². The molecule has 4 rings (SSSR count).